The fourth-order valence-electron chi connectivity index (χ4n) is 2.64. The van der Waals surface area contributed by atoms with Gasteiger partial charge in [-0.25, -0.2) is 4.98 Å². The van der Waals surface area contributed by atoms with Crippen molar-refractivity contribution >= 4 is 33.2 Å². The zero-order valence-corrected chi connectivity index (χ0v) is 13.5. The van der Waals surface area contributed by atoms with Crippen LogP contribution in [0.3, 0.4) is 0 Å². The number of nitrogens with one attached hydrogen (secondary N) is 1. The van der Waals surface area contributed by atoms with Gasteiger partial charge in [0.15, 0.2) is 0 Å². The number of rotatable bonds is 2. The Morgan fingerprint density at radius 2 is 2.05 bits per heavy atom. The molecule has 0 saturated heterocycles. The highest BCUT2D eigenvalue weighted by molar-refractivity contribution is 9.10. The van der Waals surface area contributed by atoms with Gasteiger partial charge in [-0.1, -0.05) is 18.2 Å². The second-order valence-corrected chi connectivity index (χ2v) is 5.99. The van der Waals surface area contributed by atoms with Gasteiger partial charge < -0.3 is 10.2 Å². The Labute approximate surface area is 132 Å². The first-order valence-electron chi connectivity index (χ1n) is 6.81. The second-order valence-electron chi connectivity index (χ2n) is 5.18. The number of aromatic nitrogens is 1. The Morgan fingerprint density at radius 1 is 1.29 bits per heavy atom. The molecule has 1 aliphatic heterocycles. The molecule has 1 aliphatic rings. The number of halogens is 1. The molecule has 1 N–H and O–H groups in total. The van der Waals surface area contributed by atoms with E-state index in [4.69, 9.17) is 0 Å². The molecule has 0 saturated carbocycles. The number of anilines is 2. The van der Waals surface area contributed by atoms with E-state index in [-0.39, 0.29) is 11.9 Å². The summed E-state index contributed by atoms with van der Waals surface area (Å²) in [5.41, 5.74) is 3.97. The smallest absolute Gasteiger partial charge is 0.229 e. The van der Waals surface area contributed by atoms with Crippen LogP contribution in [0.15, 0.2) is 41.0 Å². The van der Waals surface area contributed by atoms with Gasteiger partial charge in [0, 0.05) is 12.7 Å². The molecule has 1 amide bonds. The van der Waals surface area contributed by atoms with Crippen LogP contribution in [0.25, 0.3) is 0 Å². The third kappa shape index (κ3) is 2.65. The van der Waals surface area contributed by atoms with E-state index in [0.717, 1.165) is 27.2 Å². The molecule has 0 radical (unpaired) electrons. The van der Waals surface area contributed by atoms with Crippen molar-refractivity contribution < 1.29 is 4.79 Å². The third-order valence-corrected chi connectivity index (χ3v) is 4.25. The molecule has 5 heteroatoms. The Hall–Kier alpha value is -1.88. The van der Waals surface area contributed by atoms with Crippen molar-refractivity contribution in [3.05, 3.63) is 52.3 Å². The summed E-state index contributed by atoms with van der Waals surface area (Å²) < 4.78 is 0.811. The summed E-state index contributed by atoms with van der Waals surface area (Å²) >= 11 is 3.37. The summed E-state index contributed by atoms with van der Waals surface area (Å²) in [5.74, 6) is 0.119. The van der Waals surface area contributed by atoms with Crippen molar-refractivity contribution in [2.45, 2.75) is 19.4 Å². The predicted molar refractivity (Wildman–Crippen MR) is 87.5 cm³/mol. The zero-order chi connectivity index (χ0) is 15.0. The normalized spacial score (nSPS) is 17.6. The largest absolute Gasteiger partial charge is 0.376 e. The number of nitrogens with zero attached hydrogens (tertiary/aromatic N) is 2. The summed E-state index contributed by atoms with van der Waals surface area (Å²) in [6.45, 7) is 1.95. The first-order chi connectivity index (χ1) is 10.1. The van der Waals surface area contributed by atoms with E-state index in [1.54, 1.807) is 4.90 Å². The van der Waals surface area contributed by atoms with Crippen molar-refractivity contribution in [1.29, 1.82) is 0 Å². The zero-order valence-electron chi connectivity index (χ0n) is 11.9. The van der Waals surface area contributed by atoms with Gasteiger partial charge >= 0.3 is 0 Å². The Balaban J connectivity index is 1.96. The summed E-state index contributed by atoms with van der Waals surface area (Å²) in [5, 5.41) is 3.45. The van der Waals surface area contributed by atoms with Gasteiger partial charge in [0.1, 0.15) is 4.60 Å². The van der Waals surface area contributed by atoms with Crippen LogP contribution in [0, 0.1) is 6.92 Å². The van der Waals surface area contributed by atoms with E-state index in [2.05, 4.69) is 32.3 Å². The van der Waals surface area contributed by atoms with Crippen LogP contribution in [0.2, 0.25) is 0 Å². The third-order valence-electron chi connectivity index (χ3n) is 3.81. The lowest BCUT2D eigenvalue weighted by Crippen LogP contribution is -2.35. The van der Waals surface area contributed by atoms with Crippen molar-refractivity contribution in [3.8, 4) is 0 Å². The SMILES string of the molecule is Cc1nc(Br)ccc1NC1CC(=O)N(C)c2ccccc21. The monoisotopic (exact) mass is 345 g/mol. The van der Waals surface area contributed by atoms with Gasteiger partial charge in [-0.3, -0.25) is 4.79 Å². The van der Waals surface area contributed by atoms with E-state index < -0.39 is 0 Å². The highest BCUT2D eigenvalue weighted by Crippen LogP contribution is 2.36. The van der Waals surface area contributed by atoms with Crippen molar-refractivity contribution in [1.82, 2.24) is 4.98 Å². The molecule has 0 bridgehead atoms. The molecule has 4 nitrogen and oxygen atoms in total. The summed E-state index contributed by atoms with van der Waals surface area (Å²) in [4.78, 5) is 18.3. The predicted octanol–water partition coefficient (Wildman–Crippen LogP) is 3.67. The molecule has 21 heavy (non-hydrogen) atoms. The number of aryl methyl sites for hydroxylation is 1. The minimum absolute atomic E-state index is 0.0217. The lowest BCUT2D eigenvalue weighted by molar-refractivity contribution is -0.118. The van der Waals surface area contributed by atoms with Crippen LogP contribution in [-0.4, -0.2) is 17.9 Å². The number of carbonyl (C=O) groups excluding carboxylic acids is 1. The molecular formula is C16H16BrN3O. The highest BCUT2D eigenvalue weighted by atomic mass is 79.9. The molecule has 0 spiro atoms. The minimum atomic E-state index is -0.0217. The number of para-hydroxylation sites is 1. The number of pyridine rings is 1. The molecule has 3 rings (SSSR count). The standard InChI is InChI=1S/C16H16BrN3O/c1-10-12(7-8-15(17)18-10)19-13-9-16(21)20(2)14-6-4-3-5-11(13)14/h3-8,13,19H,9H2,1-2H3. The Morgan fingerprint density at radius 3 is 2.81 bits per heavy atom. The molecule has 0 fully saturated rings. The van der Waals surface area contributed by atoms with Gasteiger partial charge in [-0.2, -0.15) is 0 Å². The van der Waals surface area contributed by atoms with Gasteiger partial charge in [-0.15, -0.1) is 0 Å². The molecule has 1 aromatic heterocycles. The van der Waals surface area contributed by atoms with Crippen LogP contribution in [0.1, 0.15) is 23.7 Å². The molecular weight excluding hydrogens is 330 g/mol. The summed E-state index contributed by atoms with van der Waals surface area (Å²) in [7, 11) is 1.82. The van der Waals surface area contributed by atoms with Gasteiger partial charge in [0.2, 0.25) is 5.91 Å². The number of hydrogen-bond acceptors (Lipinski definition) is 3. The van der Waals surface area contributed by atoms with Gasteiger partial charge in [0.05, 0.1) is 23.8 Å². The molecule has 1 unspecified atom stereocenters. The molecule has 2 aromatic rings. The maximum absolute atomic E-state index is 12.2. The molecule has 1 aromatic carbocycles. The topological polar surface area (TPSA) is 45.2 Å². The highest BCUT2D eigenvalue weighted by Gasteiger charge is 2.28. The van der Waals surface area contributed by atoms with Gasteiger partial charge in [0.25, 0.3) is 0 Å². The quantitative estimate of drug-likeness (QED) is 0.844. The lowest BCUT2D eigenvalue weighted by atomic mass is 9.96. The number of carbonyl (C=O) groups is 1. The molecule has 0 aliphatic carbocycles. The van der Waals surface area contributed by atoms with Crippen LogP contribution in [0.4, 0.5) is 11.4 Å². The fourth-order valence-corrected chi connectivity index (χ4v) is 3.04. The van der Waals surface area contributed by atoms with E-state index >= 15 is 0 Å². The molecule has 108 valence electrons. The summed E-state index contributed by atoms with van der Waals surface area (Å²) in [6, 6.07) is 11.9. The number of benzene rings is 1. The van der Waals surface area contributed by atoms with Crippen LogP contribution >= 0.6 is 15.9 Å². The fraction of sp³-hybridized carbons (Fsp3) is 0.250. The molecule has 2 heterocycles. The maximum Gasteiger partial charge on any atom is 0.229 e. The van der Waals surface area contributed by atoms with Crippen LogP contribution in [-0.2, 0) is 4.79 Å². The number of amides is 1. The average Bonchev–Trinajstić information content (AvgIpc) is 2.47. The number of fused-ring (bicyclic) bond motifs is 1. The van der Waals surface area contributed by atoms with Crippen molar-refractivity contribution in [2.24, 2.45) is 0 Å². The summed E-state index contributed by atoms with van der Waals surface area (Å²) in [6.07, 6.45) is 0.447. The van der Waals surface area contributed by atoms with Crippen LogP contribution < -0.4 is 10.2 Å². The van der Waals surface area contributed by atoms with Crippen molar-refractivity contribution in [3.63, 3.8) is 0 Å². The van der Waals surface area contributed by atoms with Crippen LogP contribution in [0.5, 0.6) is 0 Å². The molecule has 1 atom stereocenters. The first kappa shape index (κ1) is 14.1. The van der Waals surface area contributed by atoms with E-state index in [9.17, 15) is 4.79 Å². The Bertz CT molecular complexity index is 702. The lowest BCUT2D eigenvalue weighted by Gasteiger charge is -2.32. The number of hydrogen-bond donors (Lipinski definition) is 1. The average molecular weight is 346 g/mol. The Kier molecular flexibility index (Phi) is 3.68. The van der Waals surface area contributed by atoms with E-state index in [1.807, 2.05) is 44.3 Å². The van der Waals surface area contributed by atoms with E-state index in [0.29, 0.717) is 6.42 Å². The van der Waals surface area contributed by atoms with E-state index in [1.165, 1.54) is 0 Å². The minimum Gasteiger partial charge on any atom is -0.376 e. The second kappa shape index (κ2) is 5.48. The van der Waals surface area contributed by atoms with Gasteiger partial charge in [-0.05, 0) is 46.6 Å². The first-order valence-corrected chi connectivity index (χ1v) is 7.60. The van der Waals surface area contributed by atoms with Crippen molar-refractivity contribution in [2.75, 3.05) is 17.3 Å². The maximum atomic E-state index is 12.2.